The van der Waals surface area contributed by atoms with Gasteiger partial charge in [-0.2, -0.15) is 0 Å². The van der Waals surface area contributed by atoms with Crippen molar-refractivity contribution >= 4 is 0 Å². The first kappa shape index (κ1) is 12.7. The molecule has 1 aliphatic rings. The topological polar surface area (TPSA) is 42.4 Å². The highest BCUT2D eigenvalue weighted by atomic mass is 16.3. The smallest absolute Gasteiger partial charge is 0.122 e. The molecule has 3 unspecified atom stereocenters. The second-order valence-electron chi connectivity index (χ2n) is 5.39. The molecule has 3 heteroatoms. The Bertz CT molecular complexity index is 321. The fourth-order valence-corrected chi connectivity index (χ4v) is 2.79. The van der Waals surface area contributed by atoms with Crippen LogP contribution < -0.4 is 5.73 Å². The number of furan rings is 1. The fraction of sp³-hybridized carbons (Fsp3) is 0.714. The lowest BCUT2D eigenvalue weighted by Crippen LogP contribution is -2.40. The minimum absolute atomic E-state index is 0.106. The summed E-state index contributed by atoms with van der Waals surface area (Å²) in [6.07, 6.45) is 5.61. The van der Waals surface area contributed by atoms with Gasteiger partial charge in [0.15, 0.2) is 0 Å². The first-order valence-corrected chi connectivity index (χ1v) is 6.71. The molecule has 0 aromatic carbocycles. The first-order chi connectivity index (χ1) is 8.18. The molecule has 3 atom stereocenters. The van der Waals surface area contributed by atoms with E-state index in [1.54, 1.807) is 6.26 Å². The van der Waals surface area contributed by atoms with Crippen molar-refractivity contribution < 1.29 is 4.42 Å². The van der Waals surface area contributed by atoms with Crippen LogP contribution in [0.3, 0.4) is 0 Å². The summed E-state index contributed by atoms with van der Waals surface area (Å²) in [5.74, 6) is 1.85. The molecule has 1 aliphatic heterocycles. The molecule has 0 amide bonds. The van der Waals surface area contributed by atoms with Crippen LogP contribution in [0.5, 0.6) is 0 Å². The van der Waals surface area contributed by atoms with Gasteiger partial charge in [-0.05, 0) is 57.3 Å². The molecule has 0 aliphatic carbocycles. The van der Waals surface area contributed by atoms with E-state index in [9.17, 15) is 0 Å². The van der Waals surface area contributed by atoms with Crippen molar-refractivity contribution in [1.29, 1.82) is 0 Å². The van der Waals surface area contributed by atoms with Crippen molar-refractivity contribution in [3.63, 3.8) is 0 Å². The molecule has 1 aromatic heterocycles. The molecular formula is C14H24N2O. The maximum atomic E-state index is 6.14. The molecule has 2 N–H and O–H groups in total. The van der Waals surface area contributed by atoms with Gasteiger partial charge in [0.25, 0.3) is 0 Å². The normalized spacial score (nSPS) is 26.4. The van der Waals surface area contributed by atoms with Gasteiger partial charge in [0.05, 0.1) is 12.3 Å². The summed E-state index contributed by atoms with van der Waals surface area (Å²) in [6.45, 7) is 6.68. The third-order valence-corrected chi connectivity index (χ3v) is 3.78. The average Bonchev–Trinajstić information content (AvgIpc) is 2.70. The van der Waals surface area contributed by atoms with Gasteiger partial charge in [-0.1, -0.05) is 6.92 Å². The second kappa shape index (κ2) is 5.69. The fourth-order valence-electron chi connectivity index (χ4n) is 2.79. The third-order valence-electron chi connectivity index (χ3n) is 3.78. The predicted molar refractivity (Wildman–Crippen MR) is 69.7 cm³/mol. The van der Waals surface area contributed by atoms with E-state index in [1.165, 1.54) is 19.3 Å². The van der Waals surface area contributed by atoms with Gasteiger partial charge in [0.2, 0.25) is 0 Å². The van der Waals surface area contributed by atoms with Crippen molar-refractivity contribution in [2.75, 3.05) is 13.1 Å². The van der Waals surface area contributed by atoms with Crippen LogP contribution in [-0.2, 0) is 0 Å². The van der Waals surface area contributed by atoms with Crippen molar-refractivity contribution in [3.8, 4) is 0 Å². The summed E-state index contributed by atoms with van der Waals surface area (Å²) < 4.78 is 5.56. The lowest BCUT2D eigenvalue weighted by atomic mass is 10.0. The average molecular weight is 236 g/mol. The van der Waals surface area contributed by atoms with E-state index in [2.05, 4.69) is 18.7 Å². The summed E-state index contributed by atoms with van der Waals surface area (Å²) in [6, 6.07) is 4.33. The summed E-state index contributed by atoms with van der Waals surface area (Å²) in [4.78, 5) is 2.49. The summed E-state index contributed by atoms with van der Waals surface area (Å²) in [7, 11) is 0. The van der Waals surface area contributed by atoms with Gasteiger partial charge in [0.1, 0.15) is 5.76 Å². The zero-order chi connectivity index (χ0) is 12.3. The largest absolute Gasteiger partial charge is 0.468 e. The van der Waals surface area contributed by atoms with E-state index in [4.69, 9.17) is 10.2 Å². The Morgan fingerprint density at radius 1 is 1.41 bits per heavy atom. The lowest BCUT2D eigenvalue weighted by molar-refractivity contribution is 0.159. The SMILES string of the molecule is CC1CCCN(C(c2ccco2)C(C)N)CC1. The molecule has 1 aromatic rings. The standard InChI is InChI=1S/C14H24N2O/c1-11-5-3-8-16(9-7-11)14(12(2)15)13-6-4-10-17-13/h4,6,10-12,14H,3,5,7-9,15H2,1-2H3. The second-order valence-corrected chi connectivity index (χ2v) is 5.39. The van der Waals surface area contributed by atoms with Crippen molar-refractivity contribution in [2.45, 2.75) is 45.2 Å². The maximum Gasteiger partial charge on any atom is 0.122 e. The van der Waals surface area contributed by atoms with Crippen LogP contribution in [0.4, 0.5) is 0 Å². The van der Waals surface area contributed by atoms with Gasteiger partial charge in [-0.3, -0.25) is 4.90 Å². The Labute approximate surface area is 104 Å². The Morgan fingerprint density at radius 3 is 2.88 bits per heavy atom. The Hall–Kier alpha value is -0.800. The summed E-state index contributed by atoms with van der Waals surface area (Å²) >= 11 is 0. The van der Waals surface area contributed by atoms with Crippen molar-refractivity contribution in [2.24, 2.45) is 11.7 Å². The first-order valence-electron chi connectivity index (χ1n) is 6.71. The number of hydrogen-bond acceptors (Lipinski definition) is 3. The van der Waals surface area contributed by atoms with Gasteiger partial charge >= 0.3 is 0 Å². The number of hydrogen-bond donors (Lipinski definition) is 1. The minimum atomic E-state index is 0.106. The highest BCUT2D eigenvalue weighted by molar-refractivity contribution is 5.07. The van der Waals surface area contributed by atoms with Crippen LogP contribution >= 0.6 is 0 Å². The third kappa shape index (κ3) is 3.11. The lowest BCUT2D eigenvalue weighted by Gasteiger charge is -2.31. The Balaban J connectivity index is 2.10. The molecule has 96 valence electrons. The number of nitrogens with zero attached hydrogens (tertiary/aromatic N) is 1. The molecule has 0 saturated carbocycles. The van der Waals surface area contributed by atoms with E-state index in [-0.39, 0.29) is 12.1 Å². The number of rotatable bonds is 3. The molecule has 2 rings (SSSR count). The molecule has 2 heterocycles. The monoisotopic (exact) mass is 236 g/mol. The van der Waals surface area contributed by atoms with Gasteiger partial charge in [0, 0.05) is 6.04 Å². The Kier molecular flexibility index (Phi) is 4.24. The summed E-state index contributed by atoms with van der Waals surface area (Å²) in [5.41, 5.74) is 6.14. The van der Waals surface area contributed by atoms with Crippen LogP contribution in [0.15, 0.2) is 22.8 Å². The highest BCUT2D eigenvalue weighted by Gasteiger charge is 2.27. The van der Waals surface area contributed by atoms with E-state index in [1.807, 2.05) is 12.1 Å². The molecule has 0 radical (unpaired) electrons. The van der Waals surface area contributed by atoms with Crippen LogP contribution in [0, 0.1) is 5.92 Å². The molecule has 17 heavy (non-hydrogen) atoms. The molecule has 0 bridgehead atoms. The predicted octanol–water partition coefficient (Wildman–Crippen LogP) is 2.79. The van der Waals surface area contributed by atoms with Crippen LogP contribution in [-0.4, -0.2) is 24.0 Å². The van der Waals surface area contributed by atoms with Crippen LogP contribution in [0.1, 0.15) is 44.9 Å². The number of nitrogens with two attached hydrogens (primary N) is 1. The minimum Gasteiger partial charge on any atom is -0.468 e. The van der Waals surface area contributed by atoms with E-state index in [0.717, 1.165) is 24.8 Å². The van der Waals surface area contributed by atoms with Gasteiger partial charge in [-0.15, -0.1) is 0 Å². The zero-order valence-corrected chi connectivity index (χ0v) is 10.9. The highest BCUT2D eigenvalue weighted by Crippen LogP contribution is 2.28. The van der Waals surface area contributed by atoms with E-state index < -0.39 is 0 Å². The van der Waals surface area contributed by atoms with Gasteiger partial charge in [-0.25, -0.2) is 0 Å². The molecule has 0 spiro atoms. The molecular weight excluding hydrogens is 212 g/mol. The van der Waals surface area contributed by atoms with Gasteiger partial charge < -0.3 is 10.2 Å². The Morgan fingerprint density at radius 2 is 2.24 bits per heavy atom. The zero-order valence-electron chi connectivity index (χ0n) is 10.9. The maximum absolute atomic E-state index is 6.14. The molecule has 1 saturated heterocycles. The number of likely N-dealkylation sites (tertiary alicyclic amines) is 1. The van der Waals surface area contributed by atoms with Crippen LogP contribution in [0.2, 0.25) is 0 Å². The molecule has 3 nitrogen and oxygen atoms in total. The van der Waals surface area contributed by atoms with Crippen LogP contribution in [0.25, 0.3) is 0 Å². The quantitative estimate of drug-likeness (QED) is 0.877. The molecule has 1 fully saturated rings. The van der Waals surface area contributed by atoms with E-state index in [0.29, 0.717) is 0 Å². The van der Waals surface area contributed by atoms with Crippen molar-refractivity contribution in [1.82, 2.24) is 4.90 Å². The summed E-state index contributed by atoms with van der Waals surface area (Å²) in [5, 5.41) is 0. The van der Waals surface area contributed by atoms with Crippen molar-refractivity contribution in [3.05, 3.63) is 24.2 Å². The van der Waals surface area contributed by atoms with E-state index >= 15 is 0 Å².